The third-order valence-electron chi connectivity index (χ3n) is 6.17. The van der Waals surface area contributed by atoms with Gasteiger partial charge in [0.05, 0.1) is 22.5 Å². The number of amides is 1. The van der Waals surface area contributed by atoms with Gasteiger partial charge in [0.15, 0.2) is 0 Å². The van der Waals surface area contributed by atoms with Crippen LogP contribution in [0.25, 0.3) is 0 Å². The van der Waals surface area contributed by atoms with Crippen molar-refractivity contribution >= 4 is 38.8 Å². The molecule has 9 nitrogen and oxygen atoms in total. The van der Waals surface area contributed by atoms with E-state index < -0.39 is 10.0 Å². The van der Waals surface area contributed by atoms with Crippen molar-refractivity contribution in [3.63, 3.8) is 0 Å². The Kier molecular flexibility index (Phi) is 7.58. The second kappa shape index (κ2) is 10.7. The standard InChI is InChI=1S/C26H32N6O3S/c1-19-26(33)31(4)24-17-27-25(16-23(24)32(19)18-20-8-6-5-7-9-20)29-21-10-12-22(13-11-21)36(34,35)28-14-15-30(2)3/h5-13,16-17,19,28H,14-15,18H2,1-4H3,(H,27,29). The highest BCUT2D eigenvalue weighted by molar-refractivity contribution is 7.89. The van der Waals surface area contributed by atoms with Gasteiger partial charge in [-0.15, -0.1) is 0 Å². The number of likely N-dealkylation sites (N-methyl/N-ethyl adjacent to an activating group) is 2. The monoisotopic (exact) mass is 508 g/mol. The van der Waals surface area contributed by atoms with Crippen LogP contribution in [-0.4, -0.2) is 64.5 Å². The molecule has 0 fully saturated rings. The Morgan fingerprint density at radius 1 is 1.03 bits per heavy atom. The lowest BCUT2D eigenvalue weighted by molar-refractivity contribution is -0.119. The van der Waals surface area contributed by atoms with E-state index in [0.717, 1.165) is 16.9 Å². The number of rotatable bonds is 9. The van der Waals surface area contributed by atoms with E-state index in [4.69, 9.17) is 0 Å². The fourth-order valence-electron chi connectivity index (χ4n) is 4.09. The molecular formula is C26H32N6O3S. The second-order valence-corrected chi connectivity index (χ2v) is 10.9. The van der Waals surface area contributed by atoms with Crippen molar-refractivity contribution in [3.8, 4) is 0 Å². The molecule has 1 aliphatic rings. The van der Waals surface area contributed by atoms with E-state index in [-0.39, 0.29) is 16.8 Å². The maximum absolute atomic E-state index is 12.9. The van der Waals surface area contributed by atoms with E-state index >= 15 is 0 Å². The number of pyridine rings is 1. The van der Waals surface area contributed by atoms with Crippen LogP contribution in [0.2, 0.25) is 0 Å². The normalized spacial score (nSPS) is 15.8. The first-order valence-corrected chi connectivity index (χ1v) is 13.2. The Labute approximate surface area is 212 Å². The zero-order valence-corrected chi connectivity index (χ0v) is 21.8. The summed E-state index contributed by atoms with van der Waals surface area (Å²) in [6, 6.07) is 18.2. The number of carbonyl (C=O) groups excluding carboxylic acids is 1. The molecule has 2 heterocycles. The van der Waals surface area contributed by atoms with Crippen molar-refractivity contribution in [2.75, 3.05) is 49.3 Å². The fraction of sp³-hybridized carbons (Fsp3) is 0.308. The number of benzene rings is 2. The van der Waals surface area contributed by atoms with Crippen LogP contribution in [0.4, 0.5) is 22.9 Å². The molecular weight excluding hydrogens is 476 g/mol. The highest BCUT2D eigenvalue weighted by Crippen LogP contribution is 2.37. The van der Waals surface area contributed by atoms with E-state index in [0.29, 0.717) is 31.1 Å². The van der Waals surface area contributed by atoms with Gasteiger partial charge in [0.1, 0.15) is 11.9 Å². The summed E-state index contributed by atoms with van der Waals surface area (Å²) in [6.07, 6.45) is 1.69. The predicted octanol–water partition coefficient (Wildman–Crippen LogP) is 3.04. The molecule has 36 heavy (non-hydrogen) atoms. The van der Waals surface area contributed by atoms with Crippen LogP contribution in [0.5, 0.6) is 0 Å². The topological polar surface area (TPSA) is 97.9 Å². The van der Waals surface area contributed by atoms with E-state index in [9.17, 15) is 13.2 Å². The molecule has 4 rings (SSSR count). The van der Waals surface area contributed by atoms with Crippen LogP contribution in [0.3, 0.4) is 0 Å². The molecule has 190 valence electrons. The maximum atomic E-state index is 12.9. The fourth-order valence-corrected chi connectivity index (χ4v) is 5.11. The number of fused-ring (bicyclic) bond motifs is 1. The lowest BCUT2D eigenvalue weighted by Gasteiger charge is -2.40. The zero-order chi connectivity index (χ0) is 25.9. The molecule has 0 saturated carbocycles. The zero-order valence-electron chi connectivity index (χ0n) is 21.0. The summed E-state index contributed by atoms with van der Waals surface area (Å²) in [5, 5.41) is 3.25. The third-order valence-corrected chi connectivity index (χ3v) is 7.65. The lowest BCUT2D eigenvalue weighted by Crippen LogP contribution is -2.50. The van der Waals surface area contributed by atoms with Crippen LogP contribution in [-0.2, 0) is 21.4 Å². The first-order chi connectivity index (χ1) is 17.2. The summed E-state index contributed by atoms with van der Waals surface area (Å²) in [6.45, 7) is 3.45. The minimum absolute atomic E-state index is 0.0110. The molecule has 0 radical (unpaired) electrons. The number of carbonyl (C=O) groups is 1. The summed E-state index contributed by atoms with van der Waals surface area (Å²) in [5.41, 5.74) is 3.45. The molecule has 0 bridgehead atoms. The maximum Gasteiger partial charge on any atom is 0.249 e. The first-order valence-electron chi connectivity index (χ1n) is 11.8. The van der Waals surface area contributed by atoms with E-state index in [2.05, 4.69) is 19.9 Å². The van der Waals surface area contributed by atoms with E-state index in [1.54, 1.807) is 42.4 Å². The Bertz CT molecular complexity index is 1310. The number of anilines is 4. The largest absolute Gasteiger partial charge is 0.354 e. The number of nitrogens with zero attached hydrogens (tertiary/aromatic N) is 4. The number of nitrogens with one attached hydrogen (secondary N) is 2. The molecule has 0 saturated heterocycles. The number of hydrogen-bond acceptors (Lipinski definition) is 7. The molecule has 10 heteroatoms. The number of hydrogen-bond donors (Lipinski definition) is 2. The van der Waals surface area contributed by atoms with Gasteiger partial charge in [-0.2, -0.15) is 0 Å². The van der Waals surface area contributed by atoms with Crippen LogP contribution in [0, 0.1) is 0 Å². The Morgan fingerprint density at radius 3 is 2.39 bits per heavy atom. The molecule has 2 N–H and O–H groups in total. The van der Waals surface area contributed by atoms with Crippen molar-refractivity contribution in [1.29, 1.82) is 0 Å². The highest BCUT2D eigenvalue weighted by atomic mass is 32.2. The van der Waals surface area contributed by atoms with Gasteiger partial charge in [-0.05, 0) is 50.8 Å². The van der Waals surface area contributed by atoms with Gasteiger partial charge in [-0.25, -0.2) is 18.1 Å². The van der Waals surface area contributed by atoms with Crippen LogP contribution in [0.15, 0.2) is 71.8 Å². The summed E-state index contributed by atoms with van der Waals surface area (Å²) >= 11 is 0. The molecule has 0 spiro atoms. The molecule has 2 aromatic carbocycles. The smallest absolute Gasteiger partial charge is 0.249 e. The summed E-state index contributed by atoms with van der Waals surface area (Å²) in [4.78, 5) is 23.2. The van der Waals surface area contributed by atoms with E-state index in [1.165, 1.54) is 0 Å². The summed E-state index contributed by atoms with van der Waals surface area (Å²) < 4.78 is 27.6. The van der Waals surface area contributed by atoms with Crippen molar-refractivity contribution in [2.45, 2.75) is 24.4 Å². The summed E-state index contributed by atoms with van der Waals surface area (Å²) in [7, 11) is 1.97. The predicted molar refractivity (Wildman–Crippen MR) is 143 cm³/mol. The van der Waals surface area contributed by atoms with Crippen LogP contribution < -0.4 is 19.8 Å². The van der Waals surface area contributed by atoms with Gasteiger partial charge in [0, 0.05) is 38.4 Å². The van der Waals surface area contributed by atoms with Crippen molar-refractivity contribution in [3.05, 3.63) is 72.4 Å². The Hall–Kier alpha value is -3.47. The van der Waals surface area contributed by atoms with Crippen LogP contribution >= 0.6 is 0 Å². The highest BCUT2D eigenvalue weighted by Gasteiger charge is 2.34. The second-order valence-electron chi connectivity index (χ2n) is 9.10. The summed E-state index contributed by atoms with van der Waals surface area (Å²) in [5.74, 6) is 0.610. The number of aromatic nitrogens is 1. The lowest BCUT2D eigenvalue weighted by atomic mass is 10.1. The Balaban J connectivity index is 1.55. The van der Waals surface area contributed by atoms with E-state index in [1.807, 2.05) is 62.3 Å². The van der Waals surface area contributed by atoms with Gasteiger partial charge >= 0.3 is 0 Å². The minimum atomic E-state index is -3.58. The SMILES string of the molecule is CC1C(=O)N(C)c2cnc(Nc3ccc(S(=O)(=O)NCCN(C)C)cc3)cc2N1Cc1ccccc1. The minimum Gasteiger partial charge on any atom is -0.354 e. The van der Waals surface area contributed by atoms with Crippen molar-refractivity contribution < 1.29 is 13.2 Å². The number of sulfonamides is 1. The van der Waals surface area contributed by atoms with Crippen molar-refractivity contribution in [2.24, 2.45) is 0 Å². The first kappa shape index (κ1) is 25.6. The van der Waals surface area contributed by atoms with Gasteiger partial charge in [0.2, 0.25) is 15.9 Å². The molecule has 1 atom stereocenters. The molecule has 1 unspecified atom stereocenters. The molecule has 0 aliphatic carbocycles. The average molecular weight is 509 g/mol. The molecule has 1 aromatic heterocycles. The molecule has 3 aromatic rings. The third kappa shape index (κ3) is 5.67. The van der Waals surface area contributed by atoms with Gasteiger partial charge in [0.25, 0.3) is 0 Å². The van der Waals surface area contributed by atoms with Gasteiger partial charge in [-0.1, -0.05) is 30.3 Å². The molecule has 1 amide bonds. The average Bonchev–Trinajstić information content (AvgIpc) is 2.86. The van der Waals surface area contributed by atoms with Gasteiger partial charge in [-0.3, -0.25) is 4.79 Å². The quantitative estimate of drug-likeness (QED) is 0.459. The Morgan fingerprint density at radius 2 is 1.72 bits per heavy atom. The van der Waals surface area contributed by atoms with Crippen LogP contribution in [0.1, 0.15) is 12.5 Å². The molecule has 1 aliphatic heterocycles. The van der Waals surface area contributed by atoms with Gasteiger partial charge < -0.3 is 20.0 Å². The van der Waals surface area contributed by atoms with Crippen molar-refractivity contribution in [1.82, 2.24) is 14.6 Å².